The first-order chi connectivity index (χ1) is 15.5. The number of para-hydroxylation sites is 2. The highest BCUT2D eigenvalue weighted by atomic mass is 16.5. The zero-order valence-electron chi connectivity index (χ0n) is 18.7. The monoisotopic (exact) mass is 434 g/mol. The third-order valence-corrected chi connectivity index (χ3v) is 7.91. The van der Waals surface area contributed by atoms with E-state index in [-0.39, 0.29) is 37.1 Å². The van der Waals surface area contributed by atoms with Crippen molar-refractivity contribution in [1.29, 1.82) is 0 Å². The fraction of sp³-hybridized carbons (Fsp3) is 0.462. The zero-order valence-corrected chi connectivity index (χ0v) is 18.7. The minimum atomic E-state index is -0.724. The van der Waals surface area contributed by atoms with Gasteiger partial charge in [0, 0.05) is 26.2 Å². The molecule has 5 saturated heterocycles. The van der Waals surface area contributed by atoms with Gasteiger partial charge in [-0.05, 0) is 49.9 Å². The maximum atomic E-state index is 13.8. The van der Waals surface area contributed by atoms with Crippen LogP contribution in [0.2, 0.25) is 0 Å². The second kappa shape index (κ2) is 7.84. The van der Waals surface area contributed by atoms with Crippen LogP contribution in [0.1, 0.15) is 25.7 Å². The van der Waals surface area contributed by atoms with Gasteiger partial charge in [-0.15, -0.1) is 0 Å². The van der Waals surface area contributed by atoms with Gasteiger partial charge in [-0.2, -0.15) is 0 Å². The third kappa shape index (κ3) is 3.07. The predicted molar refractivity (Wildman–Crippen MR) is 120 cm³/mol. The van der Waals surface area contributed by atoms with Crippen molar-refractivity contribution in [3.8, 4) is 11.5 Å². The minimum Gasteiger partial charge on any atom is -0.492 e. The standard InChI is InChI=1S/C26H30N2O4/c1-27-21-13-15-26(23(27)29,18-32-20-11-7-4-8-12-20)22-14-16-25(21,24(30)28(22)2)17-31-19-9-5-3-6-10-19/h3-12,21-22H,13-18H2,1-2H3/t21-,22+,25+,26-. The molecule has 0 radical (unpaired) electrons. The molecule has 5 aliphatic heterocycles. The number of hydrogen-bond donors (Lipinski definition) is 0. The van der Waals surface area contributed by atoms with Crippen LogP contribution < -0.4 is 9.47 Å². The van der Waals surface area contributed by atoms with Crippen LogP contribution in [-0.4, -0.2) is 61.0 Å². The van der Waals surface area contributed by atoms with Gasteiger partial charge in [0.25, 0.3) is 0 Å². The minimum absolute atomic E-state index is 0.0813. The summed E-state index contributed by atoms with van der Waals surface area (Å²) in [5, 5.41) is 0. The molecule has 2 amide bonds. The van der Waals surface area contributed by atoms with E-state index in [1.54, 1.807) is 0 Å². The summed E-state index contributed by atoms with van der Waals surface area (Å²) in [6, 6.07) is 18.8. The number of carbonyl (C=O) groups excluding carboxylic acids is 2. The van der Waals surface area contributed by atoms with Gasteiger partial charge in [-0.3, -0.25) is 9.59 Å². The second-order valence-electron chi connectivity index (χ2n) is 9.46. The van der Waals surface area contributed by atoms with E-state index in [2.05, 4.69) is 0 Å². The van der Waals surface area contributed by atoms with Gasteiger partial charge in [-0.1, -0.05) is 36.4 Å². The van der Waals surface area contributed by atoms with Crippen LogP contribution in [0.5, 0.6) is 11.5 Å². The van der Waals surface area contributed by atoms with Gasteiger partial charge in [0.1, 0.15) is 35.5 Å². The second-order valence-corrected chi connectivity index (χ2v) is 9.46. The van der Waals surface area contributed by atoms with Crippen LogP contribution in [0.15, 0.2) is 60.7 Å². The number of piperidine rings is 2. The van der Waals surface area contributed by atoms with Crippen molar-refractivity contribution in [2.24, 2.45) is 10.8 Å². The fourth-order valence-electron chi connectivity index (χ4n) is 6.21. The molecule has 0 N–H and O–H groups in total. The molecule has 6 nitrogen and oxygen atoms in total. The van der Waals surface area contributed by atoms with Gasteiger partial charge >= 0.3 is 0 Å². The Morgan fingerprint density at radius 3 is 1.47 bits per heavy atom. The van der Waals surface area contributed by atoms with Crippen molar-refractivity contribution in [1.82, 2.24) is 9.80 Å². The van der Waals surface area contributed by atoms with E-state index in [9.17, 15) is 9.59 Å². The van der Waals surface area contributed by atoms with Gasteiger partial charge in [0.15, 0.2) is 0 Å². The van der Waals surface area contributed by atoms with E-state index in [0.717, 1.165) is 24.3 Å². The number of amides is 2. The summed E-state index contributed by atoms with van der Waals surface area (Å²) in [7, 11) is 3.70. The van der Waals surface area contributed by atoms with Crippen LogP contribution in [0, 0.1) is 10.8 Å². The fourth-order valence-corrected chi connectivity index (χ4v) is 6.21. The molecule has 5 heterocycles. The summed E-state index contributed by atoms with van der Waals surface area (Å²) in [5.74, 6) is 1.66. The Labute approximate surface area is 189 Å². The van der Waals surface area contributed by atoms with E-state index in [1.165, 1.54) is 0 Å². The van der Waals surface area contributed by atoms with E-state index < -0.39 is 10.8 Å². The molecule has 0 aromatic heterocycles. The van der Waals surface area contributed by atoms with Crippen molar-refractivity contribution in [3.63, 3.8) is 0 Å². The molecule has 2 aromatic rings. The van der Waals surface area contributed by atoms with Gasteiger partial charge in [-0.25, -0.2) is 0 Å². The summed E-state index contributed by atoms with van der Waals surface area (Å²) in [4.78, 5) is 31.3. The number of carbonyl (C=O) groups is 2. The maximum absolute atomic E-state index is 13.8. The number of ether oxygens (including phenoxy) is 2. The third-order valence-electron chi connectivity index (χ3n) is 7.91. The highest BCUT2D eigenvalue weighted by Crippen LogP contribution is 2.54. The number of benzene rings is 2. The van der Waals surface area contributed by atoms with Gasteiger partial charge in [0.2, 0.25) is 11.8 Å². The first kappa shape index (κ1) is 20.9. The van der Waals surface area contributed by atoms with E-state index in [0.29, 0.717) is 12.8 Å². The van der Waals surface area contributed by atoms with Crippen molar-refractivity contribution in [2.75, 3.05) is 27.3 Å². The van der Waals surface area contributed by atoms with Crippen molar-refractivity contribution in [3.05, 3.63) is 60.7 Å². The summed E-state index contributed by atoms with van der Waals surface area (Å²) in [5.41, 5.74) is -1.45. The molecule has 4 atom stereocenters. The van der Waals surface area contributed by atoms with Crippen molar-refractivity contribution in [2.45, 2.75) is 37.8 Å². The number of nitrogens with zero attached hydrogens (tertiary/aromatic N) is 2. The largest absolute Gasteiger partial charge is 0.492 e. The molecular weight excluding hydrogens is 404 g/mol. The topological polar surface area (TPSA) is 59.1 Å². The van der Waals surface area contributed by atoms with Crippen molar-refractivity contribution >= 4 is 11.8 Å². The molecule has 6 fully saturated rings. The van der Waals surface area contributed by atoms with Crippen LogP contribution in [0.25, 0.3) is 0 Å². The Morgan fingerprint density at radius 1 is 0.719 bits per heavy atom. The first-order valence-electron chi connectivity index (χ1n) is 11.4. The quantitative estimate of drug-likeness (QED) is 0.700. The summed E-state index contributed by atoms with van der Waals surface area (Å²) >= 11 is 0. The van der Waals surface area contributed by atoms with Crippen LogP contribution >= 0.6 is 0 Å². The lowest BCUT2D eigenvalue weighted by Crippen LogP contribution is -2.75. The summed E-state index contributed by atoms with van der Waals surface area (Å²) < 4.78 is 12.3. The molecule has 1 aliphatic carbocycles. The Bertz CT molecular complexity index is 916. The molecule has 1 saturated carbocycles. The summed E-state index contributed by atoms with van der Waals surface area (Å²) in [6.45, 7) is 0.561. The molecule has 6 aliphatic rings. The van der Waals surface area contributed by atoms with Crippen LogP contribution in [-0.2, 0) is 9.59 Å². The van der Waals surface area contributed by atoms with Gasteiger partial charge in [0.05, 0.1) is 0 Å². The van der Waals surface area contributed by atoms with E-state index in [1.807, 2.05) is 84.6 Å². The normalized spacial score (nSPS) is 31.4. The Hall–Kier alpha value is -3.02. The molecule has 0 spiro atoms. The lowest BCUT2D eigenvalue weighted by Gasteiger charge is -2.61. The average molecular weight is 435 g/mol. The molecule has 6 heteroatoms. The average Bonchev–Trinajstić information content (AvgIpc) is 2.82. The lowest BCUT2D eigenvalue weighted by atomic mass is 9.57. The van der Waals surface area contributed by atoms with Crippen LogP contribution in [0.3, 0.4) is 0 Å². The first-order valence-corrected chi connectivity index (χ1v) is 11.4. The molecule has 2 aromatic carbocycles. The highest BCUT2D eigenvalue weighted by molar-refractivity contribution is 5.92. The highest BCUT2D eigenvalue weighted by Gasteiger charge is 2.66. The molecule has 4 bridgehead atoms. The molecule has 0 unspecified atom stereocenters. The molecule has 168 valence electrons. The van der Waals surface area contributed by atoms with Crippen LogP contribution in [0.4, 0.5) is 0 Å². The number of hydrogen-bond acceptors (Lipinski definition) is 4. The number of rotatable bonds is 6. The van der Waals surface area contributed by atoms with Gasteiger partial charge < -0.3 is 19.3 Å². The molecular formula is C26H30N2O4. The SMILES string of the molecule is CN1C(=O)[C@]2(COc3ccccc3)CC[C@H]1[C@]1(COc3ccccc3)CC[C@H]2N(C)C1=O. The zero-order chi connectivity index (χ0) is 22.3. The van der Waals surface area contributed by atoms with E-state index in [4.69, 9.17) is 9.47 Å². The maximum Gasteiger partial charge on any atom is 0.234 e. The smallest absolute Gasteiger partial charge is 0.234 e. The van der Waals surface area contributed by atoms with Crippen molar-refractivity contribution < 1.29 is 19.1 Å². The predicted octanol–water partition coefficient (Wildman–Crippen LogP) is 3.37. The Morgan fingerprint density at radius 2 is 1.09 bits per heavy atom. The summed E-state index contributed by atoms with van der Waals surface area (Å²) in [6.07, 6.45) is 2.97. The molecule has 8 rings (SSSR count). The Kier molecular flexibility index (Phi) is 5.11. The Balaban J connectivity index is 1.46. The molecule has 32 heavy (non-hydrogen) atoms. The van der Waals surface area contributed by atoms with E-state index >= 15 is 0 Å². The lowest BCUT2D eigenvalue weighted by molar-refractivity contribution is -0.192.